The lowest BCUT2D eigenvalue weighted by Gasteiger charge is -2.39. The number of piperazine rings is 1. The molecule has 1 unspecified atom stereocenters. The molecule has 3 aliphatic rings. The molecule has 6 atom stereocenters. The van der Waals surface area contributed by atoms with E-state index in [2.05, 4.69) is 16.0 Å². The largest absolute Gasteiger partial charge is 0.465 e. The highest BCUT2D eigenvalue weighted by molar-refractivity contribution is 7.89. The number of halogens is 2. The molecule has 0 radical (unpaired) electrons. The maximum absolute atomic E-state index is 13.9. The summed E-state index contributed by atoms with van der Waals surface area (Å²) in [5, 5.41) is 18.7. The first-order chi connectivity index (χ1) is 20.6. The fraction of sp³-hybridized carbons (Fsp3) is 0.548. The van der Waals surface area contributed by atoms with E-state index in [9.17, 15) is 31.9 Å². The van der Waals surface area contributed by atoms with E-state index in [0.717, 1.165) is 38.5 Å². The molecule has 1 saturated carbocycles. The van der Waals surface area contributed by atoms with E-state index in [-0.39, 0.29) is 29.8 Å². The van der Waals surface area contributed by atoms with Gasteiger partial charge in [0.1, 0.15) is 17.7 Å². The van der Waals surface area contributed by atoms with Crippen LogP contribution in [0.3, 0.4) is 0 Å². The zero-order valence-electron chi connectivity index (χ0n) is 24.1. The molecule has 1 aliphatic carbocycles. The zero-order chi connectivity index (χ0) is 30.6. The van der Waals surface area contributed by atoms with Crippen LogP contribution >= 0.6 is 0 Å². The number of carbonyl (C=O) groups is 2. The maximum atomic E-state index is 13.9. The van der Waals surface area contributed by atoms with Crippen LogP contribution in [0.4, 0.5) is 13.6 Å². The number of nitrogens with zero attached hydrogens (tertiary/aromatic N) is 1. The van der Waals surface area contributed by atoms with Gasteiger partial charge >= 0.3 is 6.09 Å². The average Bonchev–Trinajstić information content (AvgIpc) is 3.09. The fourth-order valence-electron chi connectivity index (χ4n) is 7.02. The number of hydrogen-bond acceptors (Lipinski definition) is 5. The number of carboxylic acid groups (broad SMARTS) is 1. The molecule has 0 aromatic heterocycles. The van der Waals surface area contributed by atoms with Crippen molar-refractivity contribution in [2.75, 3.05) is 18.8 Å². The van der Waals surface area contributed by atoms with Gasteiger partial charge in [-0.3, -0.25) is 4.79 Å². The van der Waals surface area contributed by atoms with Gasteiger partial charge in [0.2, 0.25) is 15.9 Å². The minimum Gasteiger partial charge on any atom is -0.465 e. The monoisotopic (exact) mass is 618 g/mol. The first-order valence-electron chi connectivity index (χ1n) is 15.1. The molecule has 2 aromatic rings. The summed E-state index contributed by atoms with van der Waals surface area (Å²) in [5.41, 5.74) is 1.01. The van der Waals surface area contributed by atoms with Gasteiger partial charge < -0.3 is 21.1 Å². The minimum absolute atomic E-state index is 0.102. The van der Waals surface area contributed by atoms with E-state index >= 15 is 0 Å². The lowest BCUT2D eigenvalue weighted by Crippen LogP contribution is -2.57. The lowest BCUT2D eigenvalue weighted by atomic mass is 9.80. The second kappa shape index (κ2) is 13.7. The molecule has 2 saturated heterocycles. The number of amides is 2. The van der Waals surface area contributed by atoms with Crippen LogP contribution in [0.25, 0.3) is 0 Å². The second-order valence-corrected chi connectivity index (χ2v) is 14.1. The average molecular weight is 619 g/mol. The van der Waals surface area contributed by atoms with Gasteiger partial charge in [-0.1, -0.05) is 37.1 Å². The molecule has 2 aromatic carbocycles. The van der Waals surface area contributed by atoms with Crippen molar-refractivity contribution in [1.82, 2.24) is 20.3 Å². The maximum Gasteiger partial charge on any atom is 0.405 e. The molecular weight excluding hydrogens is 578 g/mol. The number of sulfonamides is 1. The van der Waals surface area contributed by atoms with Crippen molar-refractivity contribution in [3.05, 3.63) is 71.3 Å². The van der Waals surface area contributed by atoms with Gasteiger partial charge in [0, 0.05) is 37.1 Å². The SMILES string of the molecule is O=C(O)N[C@H](C(=O)N[C@H]1CCCC[C@@H]1CC[C@H]1CN[C@@H]2CCCS(=O)(=O)N1C2)C(c1ccc(F)cc1)c1ccc(F)cc1. The number of nitrogens with one attached hydrogen (secondary N) is 3. The number of benzene rings is 2. The second-order valence-electron chi connectivity index (χ2n) is 12.0. The van der Waals surface area contributed by atoms with E-state index in [1.54, 1.807) is 4.31 Å². The van der Waals surface area contributed by atoms with E-state index in [1.807, 2.05) is 0 Å². The predicted octanol–water partition coefficient (Wildman–Crippen LogP) is 3.95. The van der Waals surface area contributed by atoms with Crippen LogP contribution in [-0.4, -0.2) is 72.8 Å². The van der Waals surface area contributed by atoms with Gasteiger partial charge in [-0.15, -0.1) is 0 Å². The van der Waals surface area contributed by atoms with Gasteiger partial charge in [-0.05, 0) is 79.8 Å². The summed E-state index contributed by atoms with van der Waals surface area (Å²) in [6.45, 7) is 1.10. The van der Waals surface area contributed by atoms with Gasteiger partial charge in [0.05, 0.1) is 5.75 Å². The van der Waals surface area contributed by atoms with Crippen LogP contribution in [0.1, 0.15) is 68.4 Å². The molecule has 3 fully saturated rings. The van der Waals surface area contributed by atoms with Crippen molar-refractivity contribution in [3.8, 4) is 0 Å². The van der Waals surface area contributed by atoms with E-state index in [0.29, 0.717) is 37.1 Å². The highest BCUT2D eigenvalue weighted by atomic mass is 32.2. The first-order valence-corrected chi connectivity index (χ1v) is 16.8. The summed E-state index contributed by atoms with van der Waals surface area (Å²) < 4.78 is 55.1. The fourth-order valence-corrected chi connectivity index (χ4v) is 8.83. The summed E-state index contributed by atoms with van der Waals surface area (Å²) in [6.07, 6.45) is 5.00. The molecule has 5 rings (SSSR count). The molecule has 0 spiro atoms. The normalized spacial score (nSPS) is 27.6. The topological polar surface area (TPSA) is 128 Å². The molecule has 2 heterocycles. The Balaban J connectivity index is 1.34. The van der Waals surface area contributed by atoms with E-state index < -0.39 is 45.6 Å². The van der Waals surface area contributed by atoms with Crippen molar-refractivity contribution in [1.29, 1.82) is 0 Å². The molecular formula is C31H40F2N4O5S. The Hall–Kier alpha value is -3.09. The Morgan fingerprint density at radius 1 is 0.930 bits per heavy atom. The number of rotatable bonds is 9. The molecule has 2 amide bonds. The van der Waals surface area contributed by atoms with Gasteiger partial charge in [0.25, 0.3) is 0 Å². The quantitative estimate of drug-likeness (QED) is 0.337. The Labute approximate surface area is 251 Å². The lowest BCUT2D eigenvalue weighted by molar-refractivity contribution is -0.124. The molecule has 234 valence electrons. The summed E-state index contributed by atoms with van der Waals surface area (Å²) in [4.78, 5) is 25.8. The van der Waals surface area contributed by atoms with E-state index in [4.69, 9.17) is 0 Å². The summed E-state index contributed by atoms with van der Waals surface area (Å²) >= 11 is 0. The number of fused-ring (bicyclic) bond motifs is 2. The van der Waals surface area contributed by atoms with Crippen LogP contribution in [0.2, 0.25) is 0 Å². The summed E-state index contributed by atoms with van der Waals surface area (Å²) in [7, 11) is -3.30. The third-order valence-corrected chi connectivity index (χ3v) is 11.2. The minimum atomic E-state index is -3.30. The Morgan fingerprint density at radius 2 is 1.56 bits per heavy atom. The van der Waals surface area contributed by atoms with Crippen molar-refractivity contribution in [3.63, 3.8) is 0 Å². The third-order valence-electron chi connectivity index (χ3n) is 9.22. The van der Waals surface area contributed by atoms with Crippen LogP contribution in [0.5, 0.6) is 0 Å². The zero-order valence-corrected chi connectivity index (χ0v) is 24.9. The standard InChI is InChI=1S/C31H40F2N4O5S/c32-23-12-7-21(8-13-23)28(22-9-14-24(33)15-10-22)29(36-31(39)40)30(38)35-27-6-2-1-4-20(27)11-16-26-18-34-25-5-3-17-43(41,42)37(26)19-25/h7-10,12-15,20,25-29,34,36H,1-6,11,16-19H2,(H,35,38)(H,39,40)/t20-,25-,26+,27+,29+/m1/s1. The molecule has 4 N–H and O–H groups in total. The Kier molecular flexibility index (Phi) is 9.98. The van der Waals surface area contributed by atoms with Crippen molar-refractivity contribution in [2.45, 2.75) is 81.5 Å². The van der Waals surface area contributed by atoms with Crippen molar-refractivity contribution < 1.29 is 31.9 Å². The molecule has 2 bridgehead atoms. The van der Waals surface area contributed by atoms with Gasteiger partial charge in [-0.25, -0.2) is 22.0 Å². The predicted molar refractivity (Wildman–Crippen MR) is 158 cm³/mol. The molecule has 2 aliphatic heterocycles. The Morgan fingerprint density at radius 3 is 2.19 bits per heavy atom. The van der Waals surface area contributed by atoms with Crippen LogP contribution in [-0.2, 0) is 14.8 Å². The van der Waals surface area contributed by atoms with Crippen molar-refractivity contribution >= 4 is 22.0 Å². The summed E-state index contributed by atoms with van der Waals surface area (Å²) in [6, 6.07) is 9.52. The molecule has 43 heavy (non-hydrogen) atoms. The summed E-state index contributed by atoms with van der Waals surface area (Å²) in [5.74, 6) is -2.04. The third kappa shape index (κ3) is 7.71. The van der Waals surface area contributed by atoms with Gasteiger partial charge in [-0.2, -0.15) is 4.31 Å². The van der Waals surface area contributed by atoms with E-state index in [1.165, 1.54) is 48.5 Å². The highest BCUT2D eigenvalue weighted by Gasteiger charge is 2.39. The molecule has 9 nitrogen and oxygen atoms in total. The molecule has 12 heteroatoms. The van der Waals surface area contributed by atoms with Gasteiger partial charge in [0.15, 0.2) is 0 Å². The Bertz CT molecular complexity index is 1330. The smallest absolute Gasteiger partial charge is 0.405 e. The number of hydrogen-bond donors (Lipinski definition) is 4. The van der Waals surface area contributed by atoms with Crippen LogP contribution < -0.4 is 16.0 Å². The number of carbonyl (C=O) groups excluding carboxylic acids is 1. The van der Waals surface area contributed by atoms with Crippen molar-refractivity contribution in [2.24, 2.45) is 5.92 Å². The highest BCUT2D eigenvalue weighted by Crippen LogP contribution is 2.33. The first kappa shape index (κ1) is 31.3. The van der Waals surface area contributed by atoms with Crippen LogP contribution in [0, 0.1) is 17.6 Å². The van der Waals surface area contributed by atoms with Crippen LogP contribution in [0.15, 0.2) is 48.5 Å².